The number of hydrogen-bond acceptors (Lipinski definition) is 8. The Bertz CT molecular complexity index is 1850. The topological polar surface area (TPSA) is 145 Å². The van der Waals surface area contributed by atoms with Crippen molar-refractivity contribution in [3.05, 3.63) is 78.2 Å². The van der Waals surface area contributed by atoms with E-state index in [0.29, 0.717) is 59.2 Å². The van der Waals surface area contributed by atoms with Gasteiger partial charge in [0.2, 0.25) is 17.7 Å². The number of piperidine rings is 1. The molecule has 256 valence electrons. The maximum Gasteiger partial charge on any atom is 0.240 e. The molecule has 1 saturated carbocycles. The molecule has 0 bridgehead atoms. The van der Waals surface area contributed by atoms with Gasteiger partial charge in [-0.15, -0.1) is 0 Å². The number of pyridine rings is 1. The van der Waals surface area contributed by atoms with Crippen molar-refractivity contribution in [3.8, 4) is 23.0 Å². The van der Waals surface area contributed by atoms with Crippen LogP contribution < -0.4 is 30.6 Å². The summed E-state index contributed by atoms with van der Waals surface area (Å²) in [6, 6.07) is 16.8. The Hall–Kier alpha value is -5.23. The first kappa shape index (κ1) is 33.7. The van der Waals surface area contributed by atoms with Gasteiger partial charge in [0.25, 0.3) is 0 Å². The maximum atomic E-state index is 15.3. The lowest BCUT2D eigenvalue weighted by Crippen LogP contribution is -2.40. The van der Waals surface area contributed by atoms with Crippen LogP contribution in [-0.2, 0) is 20.8 Å². The zero-order valence-electron chi connectivity index (χ0n) is 27.6. The number of nitrogens with two attached hydrogens (primary N) is 1. The van der Waals surface area contributed by atoms with Gasteiger partial charge in [-0.2, -0.15) is 0 Å². The van der Waals surface area contributed by atoms with Crippen molar-refractivity contribution in [1.29, 1.82) is 0 Å². The average Bonchev–Trinajstić information content (AvgIpc) is 3.92. The van der Waals surface area contributed by atoms with Crippen LogP contribution in [0.5, 0.6) is 23.0 Å². The number of fused-ring (bicyclic) bond motifs is 1. The molecule has 0 atom stereocenters. The molecule has 3 amide bonds. The molecular weight excluding hydrogens is 629 g/mol. The number of likely N-dealkylation sites (tertiary alicyclic amines) is 1. The van der Waals surface area contributed by atoms with E-state index in [2.05, 4.69) is 15.6 Å². The van der Waals surface area contributed by atoms with Crippen molar-refractivity contribution >= 4 is 40.0 Å². The summed E-state index contributed by atoms with van der Waals surface area (Å²) in [6.07, 6.45) is 5.03. The summed E-state index contributed by atoms with van der Waals surface area (Å²) in [7, 11) is 1.54. The van der Waals surface area contributed by atoms with Crippen molar-refractivity contribution in [1.82, 2.24) is 9.88 Å². The van der Waals surface area contributed by atoms with E-state index in [1.54, 1.807) is 31.5 Å². The number of aryl methyl sites for hydroxylation is 1. The molecule has 0 unspecified atom stereocenters. The molecule has 49 heavy (non-hydrogen) atoms. The number of carbonyl (C=O) groups excluding carboxylic acids is 3. The van der Waals surface area contributed by atoms with E-state index in [0.717, 1.165) is 37.9 Å². The van der Waals surface area contributed by atoms with Crippen LogP contribution in [0.4, 0.5) is 15.8 Å². The van der Waals surface area contributed by atoms with Gasteiger partial charge >= 0.3 is 0 Å². The standard InChI is InChI=1S/C37H40FN5O6/c1-3-23-4-6-25(7-5-23)41-35(45)37(13-14-37)36(46)42-26-8-9-31(28(38)18-26)49-30-10-15-40-29-20-33(32(47-2)19-27(29)30)48-22-24-11-16-43(17-12-24)21-34(39)44/h4-10,15,18-20,24H,3,11-14,16-17,21-22H2,1-2H3,(H2,39,44)(H,41,45)(H,42,46). The van der Waals surface area contributed by atoms with E-state index in [9.17, 15) is 14.4 Å². The second kappa shape index (κ2) is 14.5. The molecule has 1 saturated heterocycles. The van der Waals surface area contributed by atoms with Crippen molar-refractivity contribution in [2.45, 2.75) is 39.0 Å². The first-order chi connectivity index (χ1) is 23.7. The summed E-state index contributed by atoms with van der Waals surface area (Å²) >= 11 is 0. The molecular formula is C37H40FN5O6. The predicted octanol–water partition coefficient (Wildman–Crippen LogP) is 5.67. The second-order valence-corrected chi connectivity index (χ2v) is 12.6. The fraction of sp³-hybridized carbons (Fsp3) is 0.351. The number of nitrogens with zero attached hydrogens (tertiary/aromatic N) is 2. The first-order valence-electron chi connectivity index (χ1n) is 16.5. The number of primary amides is 1. The summed E-state index contributed by atoms with van der Waals surface area (Å²) in [5.74, 6) is -0.260. The Balaban J connectivity index is 1.10. The highest BCUT2D eigenvalue weighted by Gasteiger charge is 2.56. The molecule has 12 heteroatoms. The molecule has 1 aliphatic carbocycles. The van der Waals surface area contributed by atoms with Crippen molar-refractivity contribution in [2.24, 2.45) is 17.1 Å². The SMILES string of the molecule is CCc1ccc(NC(=O)C2(C(=O)Nc3ccc(Oc4ccnc5cc(OCC6CCN(CC(N)=O)CC6)c(OC)cc45)c(F)c3)CC2)cc1. The van der Waals surface area contributed by atoms with E-state index in [-0.39, 0.29) is 29.8 Å². The van der Waals surface area contributed by atoms with Crippen LogP contribution in [0.2, 0.25) is 0 Å². The lowest BCUT2D eigenvalue weighted by atomic mass is 9.98. The van der Waals surface area contributed by atoms with Crippen LogP contribution in [0.1, 0.15) is 38.2 Å². The molecule has 6 rings (SSSR count). The van der Waals surface area contributed by atoms with Gasteiger partial charge in [-0.1, -0.05) is 19.1 Å². The normalized spacial score (nSPS) is 15.7. The summed E-state index contributed by atoms with van der Waals surface area (Å²) in [5.41, 5.74) is 6.67. The van der Waals surface area contributed by atoms with Gasteiger partial charge in [-0.3, -0.25) is 24.3 Å². The van der Waals surface area contributed by atoms with Crippen molar-refractivity contribution in [2.75, 3.05) is 44.0 Å². The van der Waals surface area contributed by atoms with Crippen LogP contribution in [0.25, 0.3) is 10.9 Å². The first-order valence-corrected chi connectivity index (χ1v) is 16.5. The Morgan fingerprint density at radius 2 is 1.61 bits per heavy atom. The summed E-state index contributed by atoms with van der Waals surface area (Å²) in [6.45, 7) is 4.36. The molecule has 11 nitrogen and oxygen atoms in total. The fourth-order valence-corrected chi connectivity index (χ4v) is 6.02. The van der Waals surface area contributed by atoms with Crippen LogP contribution in [0, 0.1) is 17.2 Å². The zero-order chi connectivity index (χ0) is 34.5. The van der Waals surface area contributed by atoms with Gasteiger partial charge in [0.05, 0.1) is 25.8 Å². The average molecular weight is 670 g/mol. The molecule has 0 spiro atoms. The highest BCUT2D eigenvalue weighted by molar-refractivity contribution is 6.16. The molecule has 1 aliphatic heterocycles. The van der Waals surface area contributed by atoms with Crippen molar-refractivity contribution < 1.29 is 33.0 Å². The predicted molar refractivity (Wildman–Crippen MR) is 183 cm³/mol. The third-order valence-corrected chi connectivity index (χ3v) is 9.20. The molecule has 3 aromatic carbocycles. The van der Waals surface area contributed by atoms with Gasteiger partial charge in [-0.25, -0.2) is 4.39 Å². The highest BCUT2D eigenvalue weighted by Crippen LogP contribution is 2.48. The third-order valence-electron chi connectivity index (χ3n) is 9.20. The van der Waals surface area contributed by atoms with Crippen molar-refractivity contribution in [3.63, 3.8) is 0 Å². The van der Waals surface area contributed by atoms with Crippen LogP contribution >= 0.6 is 0 Å². The van der Waals surface area contributed by atoms with Gasteiger partial charge in [0.1, 0.15) is 11.2 Å². The minimum absolute atomic E-state index is 0.0538. The number of nitrogens with one attached hydrogen (secondary N) is 2. The van der Waals surface area contributed by atoms with E-state index >= 15 is 4.39 Å². The van der Waals surface area contributed by atoms with Gasteiger partial charge in [0.15, 0.2) is 23.1 Å². The zero-order valence-corrected chi connectivity index (χ0v) is 27.6. The second-order valence-electron chi connectivity index (χ2n) is 12.6. The minimum atomic E-state index is -1.20. The number of halogens is 1. The Labute approximate surface area is 283 Å². The lowest BCUT2D eigenvalue weighted by molar-refractivity contribution is -0.131. The number of amides is 3. The molecule has 4 aromatic rings. The molecule has 2 fully saturated rings. The van der Waals surface area contributed by atoms with E-state index in [4.69, 9.17) is 19.9 Å². The van der Waals surface area contributed by atoms with E-state index < -0.39 is 17.1 Å². The van der Waals surface area contributed by atoms with Crippen LogP contribution in [0.15, 0.2) is 66.9 Å². The number of hydrogen-bond donors (Lipinski definition) is 3. The van der Waals surface area contributed by atoms with Gasteiger partial charge in [-0.05, 0) is 93.1 Å². The Morgan fingerprint density at radius 1 is 0.918 bits per heavy atom. The molecule has 4 N–H and O–H groups in total. The van der Waals surface area contributed by atoms with Gasteiger partial charge in [0, 0.05) is 35.1 Å². The number of benzene rings is 3. The summed E-state index contributed by atoms with van der Waals surface area (Å²) in [5, 5.41) is 6.13. The monoisotopic (exact) mass is 669 g/mol. The molecule has 2 aliphatic rings. The quantitative estimate of drug-likeness (QED) is 0.155. The summed E-state index contributed by atoms with van der Waals surface area (Å²) in [4.78, 5) is 43.9. The van der Waals surface area contributed by atoms with E-state index in [1.807, 2.05) is 36.1 Å². The molecule has 0 radical (unpaired) electrons. The highest BCUT2D eigenvalue weighted by atomic mass is 19.1. The fourth-order valence-electron chi connectivity index (χ4n) is 6.02. The molecule has 2 heterocycles. The summed E-state index contributed by atoms with van der Waals surface area (Å²) < 4.78 is 33.1. The van der Waals surface area contributed by atoms with E-state index in [1.165, 1.54) is 18.2 Å². The van der Waals surface area contributed by atoms with Crippen LogP contribution in [-0.4, -0.2) is 61.0 Å². The smallest absolute Gasteiger partial charge is 0.240 e. The Kier molecular flexibility index (Phi) is 9.95. The number of rotatable bonds is 13. The number of ether oxygens (including phenoxy) is 3. The number of aromatic nitrogens is 1. The number of carbonyl (C=O) groups is 3. The minimum Gasteiger partial charge on any atom is -0.493 e. The lowest BCUT2D eigenvalue weighted by Gasteiger charge is -2.31. The largest absolute Gasteiger partial charge is 0.493 e. The number of anilines is 2. The Morgan fingerprint density at radius 3 is 2.24 bits per heavy atom. The third kappa shape index (κ3) is 7.75. The maximum absolute atomic E-state index is 15.3. The molecule has 1 aromatic heterocycles. The van der Waals surface area contributed by atoms with Gasteiger partial charge < -0.3 is 30.6 Å². The number of methoxy groups -OCH3 is 1. The van der Waals surface area contributed by atoms with Crippen LogP contribution in [0.3, 0.4) is 0 Å².